The summed E-state index contributed by atoms with van der Waals surface area (Å²) < 4.78 is 4.44. The number of rotatable bonds is 4. The molecule has 4 nitrogen and oxygen atoms in total. The molecule has 4 heteroatoms. The molecule has 0 spiro atoms. The van der Waals surface area contributed by atoms with Crippen LogP contribution in [0.25, 0.3) is 0 Å². The molecule has 64 valence electrons. The highest BCUT2D eigenvalue weighted by Gasteiger charge is 2.32. The third-order valence-corrected chi connectivity index (χ3v) is 1.67. The Kier molecular flexibility index (Phi) is 3.74. The number of carbonyl (C=O) groups excluding carboxylic acids is 2. The lowest BCUT2D eigenvalue weighted by Crippen LogP contribution is -2.48. The van der Waals surface area contributed by atoms with Crippen molar-refractivity contribution in [2.45, 2.75) is 25.3 Å². The highest BCUT2D eigenvalue weighted by Crippen LogP contribution is 2.11. The summed E-state index contributed by atoms with van der Waals surface area (Å²) in [5.41, 5.74) is 4.43. The van der Waals surface area contributed by atoms with Gasteiger partial charge in [0, 0.05) is 6.42 Å². The first-order chi connectivity index (χ1) is 5.10. The molecule has 0 aliphatic carbocycles. The Morgan fingerprint density at radius 2 is 2.27 bits per heavy atom. The first-order valence-electron chi connectivity index (χ1n) is 3.41. The Bertz CT molecular complexity index is 158. The normalized spacial score (nSPS) is 15.2. The standard InChI is InChI=1S/C7H13NO3/c1-3-7(8,4-5-9)6(10)11-2/h5H,3-4,8H2,1-2H3. The van der Waals surface area contributed by atoms with E-state index in [2.05, 4.69) is 4.74 Å². The first kappa shape index (κ1) is 10.1. The molecule has 0 aromatic rings. The van der Waals surface area contributed by atoms with Crippen molar-refractivity contribution in [1.82, 2.24) is 0 Å². The molecule has 0 saturated carbocycles. The van der Waals surface area contributed by atoms with Crippen LogP contribution in [0.5, 0.6) is 0 Å². The Morgan fingerprint density at radius 1 is 1.73 bits per heavy atom. The zero-order valence-electron chi connectivity index (χ0n) is 6.79. The van der Waals surface area contributed by atoms with Gasteiger partial charge in [-0.3, -0.25) is 4.79 Å². The monoisotopic (exact) mass is 159 g/mol. The topological polar surface area (TPSA) is 69.4 Å². The molecule has 0 aromatic heterocycles. The van der Waals surface area contributed by atoms with Crippen molar-refractivity contribution >= 4 is 12.3 Å². The van der Waals surface area contributed by atoms with Crippen LogP contribution in [0.3, 0.4) is 0 Å². The van der Waals surface area contributed by atoms with Crippen LogP contribution >= 0.6 is 0 Å². The number of aldehydes is 1. The third-order valence-electron chi connectivity index (χ3n) is 1.67. The molecule has 0 rings (SSSR count). The van der Waals surface area contributed by atoms with Crippen LogP contribution in [0, 0.1) is 0 Å². The summed E-state index contributed by atoms with van der Waals surface area (Å²) in [4.78, 5) is 21.1. The van der Waals surface area contributed by atoms with E-state index < -0.39 is 11.5 Å². The maximum Gasteiger partial charge on any atom is 0.326 e. The number of methoxy groups -OCH3 is 1. The van der Waals surface area contributed by atoms with Crippen molar-refractivity contribution in [3.05, 3.63) is 0 Å². The Morgan fingerprint density at radius 3 is 2.55 bits per heavy atom. The van der Waals surface area contributed by atoms with Gasteiger partial charge in [-0.1, -0.05) is 6.92 Å². The fraction of sp³-hybridized carbons (Fsp3) is 0.714. The second-order valence-corrected chi connectivity index (χ2v) is 2.37. The molecule has 0 aliphatic heterocycles. The quantitative estimate of drug-likeness (QED) is 0.457. The van der Waals surface area contributed by atoms with E-state index in [9.17, 15) is 9.59 Å². The van der Waals surface area contributed by atoms with Gasteiger partial charge < -0.3 is 15.3 Å². The van der Waals surface area contributed by atoms with Gasteiger partial charge in [0.15, 0.2) is 0 Å². The van der Waals surface area contributed by atoms with E-state index >= 15 is 0 Å². The minimum Gasteiger partial charge on any atom is -0.468 e. The molecule has 0 aliphatic rings. The maximum atomic E-state index is 10.9. The molecule has 0 aromatic carbocycles. The van der Waals surface area contributed by atoms with E-state index in [0.717, 1.165) is 0 Å². The van der Waals surface area contributed by atoms with Gasteiger partial charge in [-0.05, 0) is 6.42 Å². The molecule has 0 amide bonds. The number of ether oxygens (including phenoxy) is 1. The molecule has 0 radical (unpaired) electrons. The minimum atomic E-state index is -1.13. The van der Waals surface area contributed by atoms with Gasteiger partial charge >= 0.3 is 5.97 Å². The van der Waals surface area contributed by atoms with Crippen LogP contribution in [0.4, 0.5) is 0 Å². The number of hydrogen-bond acceptors (Lipinski definition) is 4. The molecule has 11 heavy (non-hydrogen) atoms. The maximum absolute atomic E-state index is 10.9. The van der Waals surface area contributed by atoms with Crippen molar-refractivity contribution in [3.63, 3.8) is 0 Å². The van der Waals surface area contributed by atoms with Gasteiger partial charge in [0.1, 0.15) is 11.8 Å². The zero-order chi connectivity index (χ0) is 8.91. The highest BCUT2D eigenvalue weighted by molar-refractivity contribution is 5.83. The second-order valence-electron chi connectivity index (χ2n) is 2.37. The number of hydrogen-bond donors (Lipinski definition) is 1. The lowest BCUT2D eigenvalue weighted by Gasteiger charge is -2.21. The van der Waals surface area contributed by atoms with E-state index in [1.807, 2.05) is 0 Å². The average molecular weight is 159 g/mol. The number of esters is 1. The van der Waals surface area contributed by atoms with Crippen LogP contribution in [-0.2, 0) is 14.3 Å². The van der Waals surface area contributed by atoms with Crippen LogP contribution in [-0.4, -0.2) is 24.9 Å². The molecule has 0 bridgehead atoms. The van der Waals surface area contributed by atoms with Crippen molar-refractivity contribution in [1.29, 1.82) is 0 Å². The van der Waals surface area contributed by atoms with E-state index in [1.54, 1.807) is 6.92 Å². The predicted octanol–water partition coefficient (Wildman–Crippen LogP) is -0.144. The minimum absolute atomic E-state index is 0.0101. The van der Waals surface area contributed by atoms with E-state index in [1.165, 1.54) is 7.11 Å². The van der Waals surface area contributed by atoms with Crippen LogP contribution in [0.1, 0.15) is 19.8 Å². The lowest BCUT2D eigenvalue weighted by molar-refractivity contribution is -0.148. The lowest BCUT2D eigenvalue weighted by atomic mass is 9.94. The smallest absolute Gasteiger partial charge is 0.326 e. The molecule has 0 saturated heterocycles. The number of nitrogens with two attached hydrogens (primary N) is 1. The Labute approximate surface area is 65.7 Å². The second kappa shape index (κ2) is 4.08. The summed E-state index contributed by atoms with van der Waals surface area (Å²) in [6.45, 7) is 1.74. The van der Waals surface area contributed by atoms with Gasteiger partial charge in [-0.25, -0.2) is 0 Å². The van der Waals surface area contributed by atoms with E-state index in [0.29, 0.717) is 12.7 Å². The zero-order valence-corrected chi connectivity index (χ0v) is 6.79. The van der Waals surface area contributed by atoms with E-state index in [-0.39, 0.29) is 6.42 Å². The fourth-order valence-electron chi connectivity index (χ4n) is 0.724. The molecule has 1 unspecified atom stereocenters. The summed E-state index contributed by atoms with van der Waals surface area (Å²) in [5, 5.41) is 0. The van der Waals surface area contributed by atoms with Gasteiger partial charge in [0.25, 0.3) is 0 Å². The predicted molar refractivity (Wildman–Crippen MR) is 39.9 cm³/mol. The largest absolute Gasteiger partial charge is 0.468 e. The summed E-state index contributed by atoms with van der Waals surface area (Å²) in [5.74, 6) is -0.535. The van der Waals surface area contributed by atoms with Crippen molar-refractivity contribution in [2.24, 2.45) is 5.73 Å². The molecule has 0 heterocycles. The number of carbonyl (C=O) groups is 2. The average Bonchev–Trinajstić information content (AvgIpc) is 2.03. The molecule has 0 fully saturated rings. The summed E-state index contributed by atoms with van der Waals surface area (Å²) >= 11 is 0. The molecule has 1 atom stereocenters. The summed E-state index contributed by atoms with van der Waals surface area (Å²) in [6, 6.07) is 0. The third kappa shape index (κ3) is 2.31. The van der Waals surface area contributed by atoms with Crippen molar-refractivity contribution in [2.75, 3.05) is 7.11 Å². The SMILES string of the molecule is CCC(N)(CC=O)C(=O)OC. The van der Waals surface area contributed by atoms with Gasteiger partial charge in [0.2, 0.25) is 0 Å². The van der Waals surface area contributed by atoms with Gasteiger partial charge in [-0.2, -0.15) is 0 Å². The van der Waals surface area contributed by atoms with Crippen LogP contribution in [0.15, 0.2) is 0 Å². The van der Waals surface area contributed by atoms with Gasteiger partial charge in [-0.15, -0.1) is 0 Å². The molecular weight excluding hydrogens is 146 g/mol. The summed E-state index contributed by atoms with van der Waals surface area (Å²) in [6.07, 6.45) is 1.04. The van der Waals surface area contributed by atoms with Crippen LogP contribution in [0.2, 0.25) is 0 Å². The Hall–Kier alpha value is -0.900. The summed E-state index contributed by atoms with van der Waals surface area (Å²) in [7, 11) is 1.25. The van der Waals surface area contributed by atoms with E-state index in [4.69, 9.17) is 5.73 Å². The molecule has 2 N–H and O–H groups in total. The Balaban J connectivity index is 4.31. The molecular formula is C7H13NO3. The van der Waals surface area contributed by atoms with Gasteiger partial charge in [0.05, 0.1) is 7.11 Å². The van der Waals surface area contributed by atoms with Crippen molar-refractivity contribution in [3.8, 4) is 0 Å². The van der Waals surface area contributed by atoms with Crippen molar-refractivity contribution < 1.29 is 14.3 Å². The fourth-order valence-corrected chi connectivity index (χ4v) is 0.724. The highest BCUT2D eigenvalue weighted by atomic mass is 16.5. The van der Waals surface area contributed by atoms with Crippen LogP contribution < -0.4 is 5.73 Å². The first-order valence-corrected chi connectivity index (χ1v) is 3.41.